The summed E-state index contributed by atoms with van der Waals surface area (Å²) in [4.78, 5) is 230. The molecule has 596 valence electrons. The lowest BCUT2D eigenvalue weighted by Crippen LogP contribution is -2.61. The zero-order valence-corrected chi connectivity index (χ0v) is 62.5. The Kier molecular flexibility index (Phi) is 42.4. The van der Waals surface area contributed by atoms with Gasteiger partial charge in [0.25, 0.3) is 0 Å². The van der Waals surface area contributed by atoms with Crippen LogP contribution in [0.15, 0.2) is 17.5 Å². The Bertz CT molecular complexity index is 3130. The summed E-state index contributed by atoms with van der Waals surface area (Å²) >= 11 is 0. The number of aromatic amines is 1. The van der Waals surface area contributed by atoms with Crippen LogP contribution in [0, 0.1) is 17.8 Å². The van der Waals surface area contributed by atoms with Gasteiger partial charge < -0.3 is 108 Å². The Morgan fingerprint density at radius 2 is 1.13 bits per heavy atom. The quantitative estimate of drug-likeness (QED) is 0.0168. The first-order chi connectivity index (χ1) is 50.0. The van der Waals surface area contributed by atoms with Crippen LogP contribution in [0.3, 0.4) is 0 Å². The molecule has 15 amide bonds. The standard InChI is InChI=1S/C68H117N21O17/c1-10-13-19-42(59(98)85-48(25-28-53(93)94)64(103)89-55(38(7)12-3)67(106)88-54(56(71)95)37(6)11-2)82-65(104)49(32-36(4)5)87-62(101)43(20-14-16-29-69)80-61(100)45(22-18-31-76-68(72)73)81-63(102)47(23-26-51(70)91)84-60(99)44-21-15-17-30-75-52(92)27-24-46(79-40(9)90)58(97)78-39(8)57(96)86-50(66(105)83-44)33-41-34-74-35-77-41/h34-39,42-50,54-55H,10-33,69H2,1-9H3,(H2,70,91)(H2,71,95)(H,74,77)(H,75,92)(H,78,97)(H,79,90)(H,80,100)(H,81,102)(H,82,104)(H,83,105)(H,84,99)(H,85,98)(H,86,96)(H,87,101)(H,88,106)(H,89,103)(H,93,94)(H4,72,73,76)/t37-,38-,39-,42-,43-,44-,45-,46-,47-,48-,49-,50-,54-,55-/m0/s1. The molecule has 1 saturated heterocycles. The lowest BCUT2D eigenvalue weighted by Gasteiger charge is -2.30. The molecule has 25 N–H and O–H groups in total. The van der Waals surface area contributed by atoms with E-state index in [2.05, 4.69) is 84.1 Å². The maximum atomic E-state index is 14.8. The van der Waals surface area contributed by atoms with E-state index in [1.807, 2.05) is 6.92 Å². The minimum atomic E-state index is -1.67. The molecule has 1 aromatic rings. The van der Waals surface area contributed by atoms with Crippen molar-refractivity contribution < 1.29 is 81.8 Å². The van der Waals surface area contributed by atoms with Gasteiger partial charge in [-0.15, -0.1) is 0 Å². The Morgan fingerprint density at radius 1 is 0.604 bits per heavy atom. The predicted octanol–water partition coefficient (Wildman–Crippen LogP) is -3.98. The Balaban J connectivity index is 2.63. The van der Waals surface area contributed by atoms with E-state index in [0.29, 0.717) is 37.8 Å². The number of nitrogens with two attached hydrogens (primary N) is 5. The summed E-state index contributed by atoms with van der Waals surface area (Å²) in [5.74, 6) is -15.5. The number of carbonyl (C=O) groups excluding carboxylic acids is 15. The fraction of sp³-hybridized carbons (Fsp3) is 0.706. The van der Waals surface area contributed by atoms with Crippen molar-refractivity contribution in [2.24, 2.45) is 51.4 Å². The average molecular weight is 1500 g/mol. The number of hydrogen-bond donors (Lipinski definition) is 20. The van der Waals surface area contributed by atoms with Crippen molar-refractivity contribution in [1.29, 1.82) is 0 Å². The van der Waals surface area contributed by atoms with Crippen LogP contribution in [0.4, 0.5) is 0 Å². The van der Waals surface area contributed by atoms with Crippen molar-refractivity contribution in [2.75, 3.05) is 19.6 Å². The monoisotopic (exact) mass is 1500 g/mol. The van der Waals surface area contributed by atoms with E-state index in [-0.39, 0.29) is 114 Å². The number of carboxylic acid groups (broad SMARTS) is 1. The molecule has 0 unspecified atom stereocenters. The molecule has 106 heavy (non-hydrogen) atoms. The van der Waals surface area contributed by atoms with E-state index in [9.17, 15) is 81.8 Å². The second-order valence-corrected chi connectivity index (χ2v) is 27.2. The van der Waals surface area contributed by atoms with Gasteiger partial charge in [0.1, 0.15) is 72.5 Å². The number of unbranched alkanes of at least 4 members (excludes halogenated alkanes) is 2. The topological polar surface area (TPSA) is 621 Å². The summed E-state index contributed by atoms with van der Waals surface area (Å²) in [6, 6.07) is -16.8. The molecule has 0 aliphatic carbocycles. The van der Waals surface area contributed by atoms with E-state index in [1.54, 1.807) is 41.5 Å². The second-order valence-electron chi connectivity index (χ2n) is 27.2. The zero-order valence-electron chi connectivity index (χ0n) is 62.5. The van der Waals surface area contributed by atoms with Gasteiger partial charge in [-0.25, -0.2) is 4.98 Å². The van der Waals surface area contributed by atoms with Gasteiger partial charge in [0.05, 0.1) is 6.33 Å². The van der Waals surface area contributed by atoms with Crippen LogP contribution in [0.5, 0.6) is 0 Å². The second kappa shape index (κ2) is 48.9. The van der Waals surface area contributed by atoms with E-state index in [0.717, 1.165) is 0 Å². The van der Waals surface area contributed by atoms with Crippen molar-refractivity contribution in [2.45, 2.75) is 270 Å². The lowest BCUT2D eigenvalue weighted by atomic mass is 9.94. The predicted molar refractivity (Wildman–Crippen MR) is 388 cm³/mol. The van der Waals surface area contributed by atoms with Crippen LogP contribution < -0.4 is 97.8 Å². The SMILES string of the molecule is CCCC[C@H](NC(=O)[C@H](CC(C)C)NC(=O)[C@H](CCCCN)NC(=O)[C@H](CCCN=C(N)N)NC(=O)[C@H](CCC(N)=O)NC(=O)[C@@H]1CCCCNC(=O)CC[C@H](NC(C)=O)C(=O)N[C@@H](C)C(=O)N[C@@H](Cc2cnc[nH]2)C(=O)N1)C(=O)N[C@@H](CCC(=O)O)C(=O)N[C@H](C(=O)N[C@H](C(N)=O)[C@@H](C)CC)[C@@H](C)CC. The minimum absolute atomic E-state index is 0.00472. The van der Waals surface area contributed by atoms with Gasteiger partial charge in [0, 0.05) is 57.6 Å². The summed E-state index contributed by atoms with van der Waals surface area (Å²) in [7, 11) is 0. The van der Waals surface area contributed by atoms with Gasteiger partial charge in [0.2, 0.25) is 88.6 Å². The zero-order chi connectivity index (χ0) is 79.8. The number of H-pyrrole nitrogens is 1. The molecule has 0 spiro atoms. The lowest BCUT2D eigenvalue weighted by molar-refractivity contribution is -0.139. The Hall–Kier alpha value is -10.0. The Morgan fingerprint density at radius 3 is 1.65 bits per heavy atom. The number of imidazole rings is 1. The molecular formula is C68H117N21O17. The minimum Gasteiger partial charge on any atom is -0.481 e. The highest BCUT2D eigenvalue weighted by atomic mass is 16.4. The molecule has 14 atom stereocenters. The van der Waals surface area contributed by atoms with Gasteiger partial charge in [0.15, 0.2) is 5.96 Å². The smallest absolute Gasteiger partial charge is 0.303 e. The third-order valence-corrected chi connectivity index (χ3v) is 17.8. The maximum Gasteiger partial charge on any atom is 0.303 e. The van der Waals surface area contributed by atoms with E-state index < -0.39 is 199 Å². The molecule has 0 aromatic carbocycles. The number of rotatable bonds is 43. The number of nitrogens with zero attached hydrogens (tertiary/aromatic N) is 2. The van der Waals surface area contributed by atoms with Crippen molar-refractivity contribution >= 4 is 101 Å². The molecule has 0 bridgehead atoms. The first-order valence-electron chi connectivity index (χ1n) is 36.5. The van der Waals surface area contributed by atoms with Crippen molar-refractivity contribution in [3.05, 3.63) is 18.2 Å². The summed E-state index contributed by atoms with van der Waals surface area (Å²) in [5.41, 5.74) is 28.6. The molecule has 1 fully saturated rings. The molecule has 0 radical (unpaired) electrons. The number of carboxylic acids is 1. The largest absolute Gasteiger partial charge is 0.481 e. The highest BCUT2D eigenvalue weighted by molar-refractivity contribution is 6.00. The van der Waals surface area contributed by atoms with E-state index >= 15 is 0 Å². The summed E-state index contributed by atoms with van der Waals surface area (Å²) in [6.45, 7) is 14.9. The summed E-state index contributed by atoms with van der Waals surface area (Å²) in [6.07, 6.45) is 2.33. The normalized spacial score (nSPS) is 18.9. The number of carbonyl (C=O) groups is 16. The molecule has 38 nitrogen and oxygen atoms in total. The van der Waals surface area contributed by atoms with Crippen LogP contribution in [-0.2, 0) is 83.1 Å². The van der Waals surface area contributed by atoms with Crippen molar-refractivity contribution in [3.63, 3.8) is 0 Å². The maximum absolute atomic E-state index is 14.8. The first kappa shape index (κ1) is 92.0. The van der Waals surface area contributed by atoms with Crippen LogP contribution in [0.2, 0.25) is 0 Å². The number of hydrogen-bond acceptors (Lipinski definition) is 19. The number of nitrogens with one attached hydrogen (secondary N) is 14. The third kappa shape index (κ3) is 35.2. The molecule has 1 aliphatic rings. The van der Waals surface area contributed by atoms with Gasteiger partial charge in [-0.3, -0.25) is 81.7 Å². The average Bonchev–Trinajstić information content (AvgIpc) is 0.905. The van der Waals surface area contributed by atoms with Crippen LogP contribution in [0.25, 0.3) is 0 Å². The fourth-order valence-corrected chi connectivity index (χ4v) is 11.2. The van der Waals surface area contributed by atoms with Gasteiger partial charge in [-0.05, 0) is 115 Å². The highest BCUT2D eigenvalue weighted by Crippen LogP contribution is 2.17. The molecule has 2 rings (SSSR count). The number of guanidine groups is 1. The van der Waals surface area contributed by atoms with Gasteiger partial charge >= 0.3 is 5.97 Å². The molecule has 38 heteroatoms. The highest BCUT2D eigenvalue weighted by Gasteiger charge is 2.38. The van der Waals surface area contributed by atoms with Crippen LogP contribution >= 0.6 is 0 Å². The number of aliphatic carboxylic acids is 1. The van der Waals surface area contributed by atoms with Crippen LogP contribution in [-0.4, -0.2) is 208 Å². The molecule has 0 saturated carbocycles. The molecule has 2 heterocycles. The third-order valence-electron chi connectivity index (χ3n) is 17.8. The van der Waals surface area contributed by atoms with Crippen molar-refractivity contribution in [3.8, 4) is 0 Å². The van der Waals surface area contributed by atoms with Crippen molar-refractivity contribution in [1.82, 2.24) is 79.1 Å². The van der Waals surface area contributed by atoms with Gasteiger partial charge in [-0.2, -0.15) is 0 Å². The number of primary amides is 2. The van der Waals surface area contributed by atoms with Crippen LogP contribution in [0.1, 0.15) is 196 Å². The van der Waals surface area contributed by atoms with E-state index in [4.69, 9.17) is 28.7 Å². The summed E-state index contributed by atoms with van der Waals surface area (Å²) < 4.78 is 0. The van der Waals surface area contributed by atoms with Gasteiger partial charge in [-0.1, -0.05) is 74.1 Å². The number of aromatic nitrogens is 2. The Labute approximate surface area is 618 Å². The number of aliphatic imine (C=N–C) groups is 1. The molecule has 1 aromatic heterocycles. The van der Waals surface area contributed by atoms with E-state index in [1.165, 1.54) is 26.4 Å². The fourth-order valence-electron chi connectivity index (χ4n) is 11.2. The summed E-state index contributed by atoms with van der Waals surface area (Å²) in [5, 5.41) is 43.7. The number of amides is 15. The molecular weight excluding hydrogens is 1380 g/mol. The molecule has 1 aliphatic heterocycles. The first-order valence-corrected chi connectivity index (χ1v) is 36.5.